The molecular formula is C24H18Cl2F3N3O3. The molecule has 182 valence electrons. The van der Waals surface area contributed by atoms with E-state index in [1.54, 1.807) is 17.0 Å². The first-order valence-electron chi connectivity index (χ1n) is 11.1. The number of hydrogen-bond donors (Lipinski definition) is 1. The highest BCUT2D eigenvalue weighted by Crippen LogP contribution is 2.50. The van der Waals surface area contributed by atoms with Gasteiger partial charge < -0.3 is 15.1 Å². The van der Waals surface area contributed by atoms with Crippen LogP contribution in [0, 0.1) is 5.92 Å². The van der Waals surface area contributed by atoms with Crippen LogP contribution in [0.5, 0.6) is 0 Å². The van der Waals surface area contributed by atoms with Gasteiger partial charge in [-0.3, -0.25) is 9.59 Å². The van der Waals surface area contributed by atoms with Crippen molar-refractivity contribution in [2.24, 2.45) is 11.1 Å². The van der Waals surface area contributed by atoms with Gasteiger partial charge in [0.2, 0.25) is 5.91 Å². The Bertz CT molecular complexity index is 1300. The first-order valence-corrected chi connectivity index (χ1v) is 11.8. The lowest BCUT2D eigenvalue weighted by atomic mass is 9.81. The Balaban J connectivity index is 1.29. The first kappa shape index (κ1) is 22.7. The largest absolute Gasteiger partial charge is 0.435 e. The molecule has 35 heavy (non-hydrogen) atoms. The summed E-state index contributed by atoms with van der Waals surface area (Å²) in [4.78, 5) is 31.9. The van der Waals surface area contributed by atoms with Crippen LogP contribution in [0.25, 0.3) is 0 Å². The van der Waals surface area contributed by atoms with Crippen LogP contribution in [0.2, 0.25) is 10.0 Å². The molecule has 3 aliphatic heterocycles. The fraction of sp³-hybridized carbons (Fsp3) is 0.375. The van der Waals surface area contributed by atoms with E-state index >= 15 is 0 Å². The number of carbonyl (C=O) groups is 2. The molecule has 2 amide bonds. The van der Waals surface area contributed by atoms with Crippen LogP contribution in [-0.4, -0.2) is 41.7 Å². The van der Waals surface area contributed by atoms with Crippen LogP contribution < -0.4 is 5.32 Å². The molecule has 2 aromatic carbocycles. The minimum Gasteiger partial charge on any atom is -0.374 e. The molecule has 0 aromatic heterocycles. The standard InChI is InChI=1S/C24H18Cl2F3N3O3/c25-15-6-14(7-16(26)8-15)23(24(27,28)29)9-19(31-35-23)13-3-4-18-17(5-13)20(33)30-22(18)10-32(11-22)21(34)12-1-2-12/h3-8,12H,1-2,9-11H2,(H,30,33). The molecule has 1 aliphatic carbocycles. The minimum atomic E-state index is -4.81. The molecule has 1 unspecified atom stereocenters. The molecular weight excluding hydrogens is 506 g/mol. The summed E-state index contributed by atoms with van der Waals surface area (Å²) in [6.07, 6.45) is -3.62. The van der Waals surface area contributed by atoms with E-state index in [1.165, 1.54) is 12.1 Å². The molecule has 2 fully saturated rings. The Morgan fingerprint density at radius 3 is 2.43 bits per heavy atom. The van der Waals surface area contributed by atoms with Crippen LogP contribution >= 0.6 is 23.2 Å². The highest BCUT2D eigenvalue weighted by atomic mass is 35.5. The second kappa shape index (κ2) is 7.36. The fourth-order valence-electron chi connectivity index (χ4n) is 5.13. The topological polar surface area (TPSA) is 71.0 Å². The summed E-state index contributed by atoms with van der Waals surface area (Å²) in [5.41, 5.74) is -2.18. The zero-order chi connectivity index (χ0) is 24.8. The number of halogens is 5. The summed E-state index contributed by atoms with van der Waals surface area (Å²) in [5, 5.41) is 6.82. The number of nitrogens with one attached hydrogen (secondary N) is 1. The number of carbonyl (C=O) groups excluding carboxylic acids is 2. The van der Waals surface area contributed by atoms with Crippen LogP contribution in [0.4, 0.5) is 13.2 Å². The van der Waals surface area contributed by atoms with E-state index in [1.807, 2.05) is 0 Å². The molecule has 1 atom stereocenters. The van der Waals surface area contributed by atoms with E-state index in [9.17, 15) is 22.8 Å². The molecule has 1 saturated carbocycles. The fourth-order valence-corrected chi connectivity index (χ4v) is 5.65. The Morgan fingerprint density at radius 2 is 1.80 bits per heavy atom. The Labute approximate surface area is 208 Å². The molecule has 0 radical (unpaired) electrons. The van der Waals surface area contributed by atoms with Gasteiger partial charge in [-0.15, -0.1) is 0 Å². The number of benzene rings is 2. The monoisotopic (exact) mass is 523 g/mol. The molecule has 3 heterocycles. The first-order chi connectivity index (χ1) is 16.5. The van der Waals surface area contributed by atoms with Gasteiger partial charge in [0.1, 0.15) is 5.54 Å². The molecule has 1 saturated heterocycles. The SMILES string of the molecule is O=C1NC2(CN(C(=O)C3CC3)C2)c2ccc(C3=NOC(c4cc(Cl)cc(Cl)c4)(C(F)(F)F)C3)cc21. The summed E-state index contributed by atoms with van der Waals surface area (Å²) in [6, 6.07) is 8.53. The Morgan fingerprint density at radius 1 is 1.11 bits per heavy atom. The normalized spacial score (nSPS) is 24.5. The second-order valence-electron chi connectivity index (χ2n) is 9.55. The van der Waals surface area contributed by atoms with Gasteiger partial charge in [-0.2, -0.15) is 13.2 Å². The van der Waals surface area contributed by atoms with Gasteiger partial charge >= 0.3 is 6.18 Å². The van der Waals surface area contributed by atoms with Gasteiger partial charge in [-0.05, 0) is 42.7 Å². The summed E-state index contributed by atoms with van der Waals surface area (Å²) in [5.74, 6) is -0.129. The van der Waals surface area contributed by atoms with Crippen molar-refractivity contribution < 1.29 is 27.6 Å². The number of alkyl halides is 3. The van der Waals surface area contributed by atoms with Crippen molar-refractivity contribution in [2.75, 3.05) is 13.1 Å². The average molecular weight is 524 g/mol. The van der Waals surface area contributed by atoms with E-state index in [0.29, 0.717) is 24.2 Å². The lowest BCUT2D eigenvalue weighted by Crippen LogP contribution is -2.66. The predicted octanol–water partition coefficient (Wildman–Crippen LogP) is 4.77. The van der Waals surface area contributed by atoms with Crippen molar-refractivity contribution in [2.45, 2.75) is 36.6 Å². The van der Waals surface area contributed by atoms with Crippen molar-refractivity contribution in [3.8, 4) is 0 Å². The predicted molar refractivity (Wildman–Crippen MR) is 121 cm³/mol. The van der Waals surface area contributed by atoms with Crippen molar-refractivity contribution in [1.82, 2.24) is 10.2 Å². The molecule has 0 bridgehead atoms. The van der Waals surface area contributed by atoms with E-state index in [2.05, 4.69) is 10.5 Å². The maximum atomic E-state index is 14.3. The third-order valence-electron chi connectivity index (χ3n) is 7.14. The smallest absolute Gasteiger partial charge is 0.374 e. The van der Waals surface area contributed by atoms with Gasteiger partial charge in [0.25, 0.3) is 11.5 Å². The highest BCUT2D eigenvalue weighted by Gasteiger charge is 2.62. The molecule has 2 aromatic rings. The average Bonchev–Trinajstić information content (AvgIpc) is 3.43. The van der Waals surface area contributed by atoms with Gasteiger partial charge in [0.15, 0.2) is 0 Å². The van der Waals surface area contributed by atoms with Crippen molar-refractivity contribution >= 4 is 40.7 Å². The van der Waals surface area contributed by atoms with Gasteiger partial charge in [0.05, 0.1) is 5.71 Å². The van der Waals surface area contributed by atoms with Crippen LogP contribution in [-0.2, 0) is 20.8 Å². The van der Waals surface area contributed by atoms with E-state index in [4.69, 9.17) is 28.0 Å². The quantitative estimate of drug-likeness (QED) is 0.630. The summed E-state index contributed by atoms with van der Waals surface area (Å²) in [7, 11) is 0. The second-order valence-corrected chi connectivity index (χ2v) is 10.4. The number of fused-ring (bicyclic) bond motifs is 2. The molecule has 6 rings (SSSR count). The van der Waals surface area contributed by atoms with E-state index < -0.39 is 23.7 Å². The molecule has 1 N–H and O–H groups in total. The zero-order valence-electron chi connectivity index (χ0n) is 18.1. The summed E-state index contributed by atoms with van der Waals surface area (Å²) in [6.45, 7) is 0.772. The van der Waals surface area contributed by atoms with Crippen LogP contribution in [0.15, 0.2) is 41.6 Å². The van der Waals surface area contributed by atoms with Crippen LogP contribution in [0.1, 0.15) is 46.3 Å². The Hall–Kier alpha value is -2.78. The van der Waals surface area contributed by atoms with Gasteiger partial charge in [0, 0.05) is 52.2 Å². The Kier molecular flexibility index (Phi) is 4.77. The third kappa shape index (κ3) is 3.42. The lowest BCUT2D eigenvalue weighted by molar-refractivity contribution is -0.275. The minimum absolute atomic E-state index is 0.0439. The molecule has 1 spiro atoms. The molecule has 11 heteroatoms. The molecule has 6 nitrogen and oxygen atoms in total. The number of nitrogens with zero attached hydrogens (tertiary/aromatic N) is 2. The van der Waals surface area contributed by atoms with Gasteiger partial charge in [-0.1, -0.05) is 40.5 Å². The van der Waals surface area contributed by atoms with E-state index in [-0.39, 0.29) is 39.1 Å². The van der Waals surface area contributed by atoms with Crippen LogP contribution in [0.3, 0.4) is 0 Å². The van der Waals surface area contributed by atoms with Gasteiger partial charge in [-0.25, -0.2) is 0 Å². The maximum Gasteiger partial charge on any atom is 0.435 e. The van der Waals surface area contributed by atoms with Crippen molar-refractivity contribution in [1.29, 1.82) is 0 Å². The zero-order valence-corrected chi connectivity index (χ0v) is 19.6. The third-order valence-corrected chi connectivity index (χ3v) is 7.58. The number of likely N-dealkylation sites (tertiary alicyclic amines) is 1. The lowest BCUT2D eigenvalue weighted by Gasteiger charge is -2.48. The number of rotatable bonds is 3. The van der Waals surface area contributed by atoms with E-state index in [0.717, 1.165) is 30.5 Å². The van der Waals surface area contributed by atoms with Crippen molar-refractivity contribution in [3.63, 3.8) is 0 Å². The summed E-state index contributed by atoms with van der Waals surface area (Å²) >= 11 is 11.9. The molecule has 4 aliphatic rings. The maximum absolute atomic E-state index is 14.3. The highest BCUT2D eigenvalue weighted by molar-refractivity contribution is 6.34. The summed E-state index contributed by atoms with van der Waals surface area (Å²) < 4.78 is 42.8. The number of oxime groups is 1. The van der Waals surface area contributed by atoms with Crippen molar-refractivity contribution in [3.05, 3.63) is 68.7 Å². The number of hydrogen-bond acceptors (Lipinski definition) is 4. The number of amides is 2.